The molecule has 0 spiro atoms. The Morgan fingerprint density at radius 1 is 1.32 bits per heavy atom. The predicted molar refractivity (Wildman–Crippen MR) is 73.7 cm³/mol. The van der Waals surface area contributed by atoms with Crippen LogP contribution in [0.3, 0.4) is 0 Å². The van der Waals surface area contributed by atoms with Crippen LogP contribution in [-0.2, 0) is 6.54 Å². The summed E-state index contributed by atoms with van der Waals surface area (Å²) < 4.78 is 5.22. The van der Waals surface area contributed by atoms with Crippen molar-refractivity contribution in [3.05, 3.63) is 53.0 Å². The number of hydrogen-bond donors (Lipinski definition) is 1. The quantitative estimate of drug-likeness (QED) is 0.915. The van der Waals surface area contributed by atoms with Crippen molar-refractivity contribution in [1.29, 1.82) is 0 Å². The van der Waals surface area contributed by atoms with Gasteiger partial charge in [-0.05, 0) is 31.5 Å². The molecule has 1 aromatic carbocycles. The minimum absolute atomic E-state index is 0.00863. The van der Waals surface area contributed by atoms with Crippen LogP contribution >= 0.6 is 0 Å². The van der Waals surface area contributed by atoms with E-state index in [1.807, 2.05) is 25.2 Å². The van der Waals surface area contributed by atoms with E-state index in [1.165, 1.54) is 5.56 Å². The summed E-state index contributed by atoms with van der Waals surface area (Å²) in [5.74, 6) is -0.392. The fourth-order valence-corrected chi connectivity index (χ4v) is 2.11. The number of furan rings is 1. The summed E-state index contributed by atoms with van der Waals surface area (Å²) in [6, 6.07) is 9.67. The summed E-state index contributed by atoms with van der Waals surface area (Å²) in [5.41, 5.74) is 3.20. The minimum atomic E-state index is -1.03. The molecule has 1 N–H and O–H groups in total. The molecule has 0 atom stereocenters. The highest BCUT2D eigenvalue weighted by Crippen LogP contribution is 2.22. The van der Waals surface area contributed by atoms with Gasteiger partial charge in [0.15, 0.2) is 0 Å². The lowest BCUT2D eigenvalue weighted by Crippen LogP contribution is -2.17. The zero-order valence-electron chi connectivity index (χ0n) is 11.3. The number of carboxylic acids is 1. The Balaban J connectivity index is 2.22. The molecule has 4 heteroatoms. The average Bonchev–Trinajstić information content (AvgIpc) is 2.71. The number of carbonyl (C=O) groups is 1. The number of anilines is 1. The number of aromatic carboxylic acids is 1. The first-order valence-corrected chi connectivity index (χ1v) is 6.08. The van der Waals surface area contributed by atoms with Gasteiger partial charge in [0.25, 0.3) is 0 Å². The maximum atomic E-state index is 10.9. The second kappa shape index (κ2) is 5.18. The van der Waals surface area contributed by atoms with Crippen LogP contribution in [0, 0.1) is 13.8 Å². The largest absolute Gasteiger partial charge is 0.475 e. The lowest BCUT2D eigenvalue weighted by molar-refractivity contribution is 0.0661. The molecule has 4 nitrogen and oxygen atoms in total. The number of benzene rings is 1. The third-order valence-electron chi connectivity index (χ3n) is 3.17. The molecule has 100 valence electrons. The van der Waals surface area contributed by atoms with E-state index in [4.69, 9.17) is 9.52 Å². The van der Waals surface area contributed by atoms with Crippen molar-refractivity contribution >= 4 is 11.7 Å². The van der Waals surface area contributed by atoms with Crippen molar-refractivity contribution in [2.45, 2.75) is 20.4 Å². The number of nitrogens with zero attached hydrogens (tertiary/aromatic N) is 1. The summed E-state index contributed by atoms with van der Waals surface area (Å²) in [7, 11) is 1.98. The summed E-state index contributed by atoms with van der Waals surface area (Å²) >= 11 is 0. The molecule has 0 fully saturated rings. The van der Waals surface area contributed by atoms with Gasteiger partial charge in [0.1, 0.15) is 5.76 Å². The van der Waals surface area contributed by atoms with Crippen LogP contribution in [-0.4, -0.2) is 18.1 Å². The minimum Gasteiger partial charge on any atom is -0.475 e. The Morgan fingerprint density at radius 2 is 2.00 bits per heavy atom. The van der Waals surface area contributed by atoms with E-state index in [0.717, 1.165) is 11.3 Å². The molecule has 0 saturated carbocycles. The first-order valence-electron chi connectivity index (χ1n) is 6.08. The van der Waals surface area contributed by atoms with Crippen molar-refractivity contribution < 1.29 is 14.3 Å². The van der Waals surface area contributed by atoms with Gasteiger partial charge >= 0.3 is 5.97 Å². The number of hydrogen-bond acceptors (Lipinski definition) is 3. The zero-order valence-corrected chi connectivity index (χ0v) is 11.3. The fourth-order valence-electron chi connectivity index (χ4n) is 2.11. The molecule has 0 aliphatic heterocycles. The Morgan fingerprint density at radius 3 is 2.58 bits per heavy atom. The zero-order chi connectivity index (χ0) is 14.0. The maximum Gasteiger partial charge on any atom is 0.371 e. The third kappa shape index (κ3) is 2.78. The van der Waals surface area contributed by atoms with Gasteiger partial charge in [0.2, 0.25) is 5.76 Å². The van der Waals surface area contributed by atoms with Crippen molar-refractivity contribution in [2.75, 3.05) is 11.9 Å². The summed E-state index contributed by atoms with van der Waals surface area (Å²) in [5, 5.41) is 8.91. The lowest BCUT2D eigenvalue weighted by Gasteiger charge is -2.20. The second-order valence-electron chi connectivity index (χ2n) is 4.64. The van der Waals surface area contributed by atoms with Crippen molar-refractivity contribution in [2.24, 2.45) is 0 Å². The van der Waals surface area contributed by atoms with Crippen LogP contribution < -0.4 is 4.90 Å². The number of carboxylic acid groups (broad SMARTS) is 1. The number of rotatable bonds is 4. The van der Waals surface area contributed by atoms with Gasteiger partial charge in [-0.1, -0.05) is 18.2 Å². The first kappa shape index (κ1) is 13.2. The molecule has 0 unspecified atom stereocenters. The third-order valence-corrected chi connectivity index (χ3v) is 3.17. The van der Waals surface area contributed by atoms with Crippen molar-refractivity contribution in [3.8, 4) is 0 Å². The Hall–Kier alpha value is -2.23. The highest BCUT2D eigenvalue weighted by Gasteiger charge is 2.15. The molecule has 1 heterocycles. The molecule has 0 radical (unpaired) electrons. The molecule has 0 bridgehead atoms. The average molecular weight is 259 g/mol. The summed E-state index contributed by atoms with van der Waals surface area (Å²) in [6.07, 6.45) is 0. The van der Waals surface area contributed by atoms with Gasteiger partial charge in [0.05, 0.1) is 0 Å². The number of para-hydroxylation sites is 1. The van der Waals surface area contributed by atoms with Crippen LogP contribution in [0.1, 0.15) is 27.4 Å². The van der Waals surface area contributed by atoms with Gasteiger partial charge in [-0.15, -0.1) is 0 Å². The summed E-state index contributed by atoms with van der Waals surface area (Å²) in [4.78, 5) is 13.0. The van der Waals surface area contributed by atoms with Crippen molar-refractivity contribution in [3.63, 3.8) is 0 Å². The van der Waals surface area contributed by atoms with Gasteiger partial charge in [0, 0.05) is 24.8 Å². The van der Waals surface area contributed by atoms with E-state index in [1.54, 1.807) is 13.0 Å². The molecule has 2 aromatic rings. The summed E-state index contributed by atoms with van der Waals surface area (Å²) in [6.45, 7) is 4.46. The molecule has 2 rings (SSSR count). The van der Waals surface area contributed by atoms with Gasteiger partial charge < -0.3 is 14.4 Å². The molecule has 0 amide bonds. The van der Waals surface area contributed by atoms with Gasteiger partial charge in [-0.25, -0.2) is 4.79 Å². The first-order chi connectivity index (χ1) is 8.99. The van der Waals surface area contributed by atoms with E-state index in [-0.39, 0.29) is 5.76 Å². The van der Waals surface area contributed by atoms with E-state index in [2.05, 4.69) is 17.9 Å². The monoisotopic (exact) mass is 259 g/mol. The van der Waals surface area contributed by atoms with E-state index in [9.17, 15) is 4.79 Å². The molecule has 0 aliphatic carbocycles. The van der Waals surface area contributed by atoms with Crippen LogP contribution in [0.2, 0.25) is 0 Å². The Bertz CT molecular complexity index is 601. The van der Waals surface area contributed by atoms with Crippen molar-refractivity contribution in [1.82, 2.24) is 0 Å². The topological polar surface area (TPSA) is 53.7 Å². The highest BCUT2D eigenvalue weighted by atomic mass is 16.4. The normalized spacial score (nSPS) is 10.5. The highest BCUT2D eigenvalue weighted by molar-refractivity contribution is 5.84. The second-order valence-corrected chi connectivity index (χ2v) is 4.64. The smallest absolute Gasteiger partial charge is 0.371 e. The van der Waals surface area contributed by atoms with Gasteiger partial charge in [-0.3, -0.25) is 0 Å². The van der Waals surface area contributed by atoms with Crippen LogP contribution in [0.5, 0.6) is 0 Å². The predicted octanol–water partition coefficient (Wildman–Crippen LogP) is 3.23. The van der Waals surface area contributed by atoms with E-state index < -0.39 is 5.97 Å². The molecule has 19 heavy (non-hydrogen) atoms. The molecule has 1 aromatic heterocycles. The Labute approximate surface area is 112 Å². The standard InChI is InChI=1S/C15H17NO3/c1-10-6-4-5-7-13(10)16(3)9-12-8-14(15(17)18)19-11(12)2/h4-8H,9H2,1-3H3,(H,17,18). The van der Waals surface area contributed by atoms with E-state index in [0.29, 0.717) is 12.3 Å². The molecular formula is C15H17NO3. The lowest BCUT2D eigenvalue weighted by atomic mass is 10.1. The van der Waals surface area contributed by atoms with Crippen LogP contribution in [0.15, 0.2) is 34.7 Å². The Kier molecular flexibility index (Phi) is 3.60. The van der Waals surface area contributed by atoms with Crippen LogP contribution in [0.4, 0.5) is 5.69 Å². The molecular weight excluding hydrogens is 242 g/mol. The molecule has 0 saturated heterocycles. The fraction of sp³-hybridized carbons (Fsp3) is 0.267. The number of aryl methyl sites for hydroxylation is 2. The maximum absolute atomic E-state index is 10.9. The molecule has 0 aliphatic rings. The van der Waals surface area contributed by atoms with Gasteiger partial charge in [-0.2, -0.15) is 0 Å². The van der Waals surface area contributed by atoms with Crippen LogP contribution in [0.25, 0.3) is 0 Å². The SMILES string of the molecule is Cc1ccccc1N(C)Cc1cc(C(=O)O)oc1C. The van der Waals surface area contributed by atoms with E-state index >= 15 is 0 Å².